The van der Waals surface area contributed by atoms with Crippen molar-refractivity contribution >= 4 is 13.7 Å². The van der Waals surface area contributed by atoms with Crippen molar-refractivity contribution in [2.75, 3.05) is 40.9 Å². The molecule has 0 bridgehead atoms. The van der Waals surface area contributed by atoms with Gasteiger partial charge < -0.3 is 34.0 Å². The summed E-state index contributed by atoms with van der Waals surface area (Å²) in [5.74, 6) is -0.280. The number of phosphoric ester groups is 1. The summed E-state index contributed by atoms with van der Waals surface area (Å²) in [6.45, 7) is 4.41. The van der Waals surface area contributed by atoms with Gasteiger partial charge in [-0.3, -0.25) is 9.36 Å². The second-order valence-corrected chi connectivity index (χ2v) is 16.2. The number of carbonyl (C=O) groups is 1. The molecule has 0 rings (SSSR count). The van der Waals surface area contributed by atoms with Gasteiger partial charge in [-0.25, -0.2) is 0 Å². The predicted octanol–water partition coefficient (Wildman–Crippen LogP) is 8.19. The Kier molecular flexibility index (Phi) is 29.9. The predicted molar refractivity (Wildman–Crippen MR) is 193 cm³/mol. The standard InChI is InChI=1S/C37H77N2O7P/c1-6-8-10-12-14-16-18-20-21-23-25-27-29-35(40)37(42)34(33-46-47(43,44)45-32-31-39(3,4)5)38-36(41)30-28-26-24-22-19-17-15-13-11-9-7-2/h34-35,37,40,42H,6-33H2,1-5H3,(H-,38,41,43,44). The zero-order valence-corrected chi connectivity index (χ0v) is 32.3. The van der Waals surface area contributed by atoms with Gasteiger partial charge in [0.15, 0.2) is 0 Å². The number of aliphatic hydroxyl groups is 2. The zero-order valence-electron chi connectivity index (χ0n) is 31.4. The molecule has 1 amide bonds. The van der Waals surface area contributed by atoms with E-state index in [1.54, 1.807) is 0 Å². The minimum Gasteiger partial charge on any atom is -0.756 e. The zero-order chi connectivity index (χ0) is 35.2. The first-order chi connectivity index (χ1) is 22.4. The fourth-order valence-corrected chi connectivity index (χ4v) is 6.45. The average Bonchev–Trinajstić information content (AvgIpc) is 3.01. The number of quaternary nitrogens is 1. The van der Waals surface area contributed by atoms with E-state index in [0.717, 1.165) is 38.5 Å². The molecule has 0 aromatic heterocycles. The van der Waals surface area contributed by atoms with Gasteiger partial charge in [0.25, 0.3) is 7.82 Å². The molecular weight excluding hydrogens is 615 g/mol. The molecule has 282 valence electrons. The number of hydrogen-bond donors (Lipinski definition) is 3. The van der Waals surface area contributed by atoms with Crippen LogP contribution in [0.25, 0.3) is 0 Å². The third-order valence-corrected chi connectivity index (χ3v) is 9.90. The maximum Gasteiger partial charge on any atom is 0.268 e. The highest BCUT2D eigenvalue weighted by molar-refractivity contribution is 7.45. The Labute approximate surface area is 290 Å². The Morgan fingerprint density at radius 2 is 1.09 bits per heavy atom. The normalized spacial score (nSPS) is 15.3. The SMILES string of the molecule is CCCCCCCCCCCCCCC(O)C(O)C(COP(=O)([O-])OCC[N+](C)(C)C)NC(=O)CCCCCCCCCCCCC. The van der Waals surface area contributed by atoms with Crippen LogP contribution in [0.3, 0.4) is 0 Å². The summed E-state index contributed by atoms with van der Waals surface area (Å²) < 4.78 is 23.0. The van der Waals surface area contributed by atoms with Crippen molar-refractivity contribution in [1.82, 2.24) is 5.32 Å². The number of carbonyl (C=O) groups excluding carboxylic acids is 1. The van der Waals surface area contributed by atoms with Crippen LogP contribution in [0, 0.1) is 0 Å². The van der Waals surface area contributed by atoms with Gasteiger partial charge in [0.05, 0.1) is 39.9 Å². The highest BCUT2D eigenvalue weighted by Gasteiger charge is 2.29. The largest absolute Gasteiger partial charge is 0.756 e. The number of likely N-dealkylation sites (N-methyl/N-ethyl adjacent to an activating group) is 1. The van der Waals surface area contributed by atoms with E-state index in [0.29, 0.717) is 17.4 Å². The topological polar surface area (TPSA) is 128 Å². The summed E-state index contributed by atoms with van der Waals surface area (Å²) in [6, 6.07) is -1.06. The summed E-state index contributed by atoms with van der Waals surface area (Å²) in [4.78, 5) is 25.2. The lowest BCUT2D eigenvalue weighted by Gasteiger charge is -2.31. The maximum absolute atomic E-state index is 12.8. The molecule has 47 heavy (non-hydrogen) atoms. The molecule has 0 aliphatic heterocycles. The van der Waals surface area contributed by atoms with E-state index in [-0.39, 0.29) is 18.9 Å². The van der Waals surface area contributed by atoms with Crippen molar-refractivity contribution in [3.8, 4) is 0 Å². The van der Waals surface area contributed by atoms with E-state index in [1.165, 1.54) is 109 Å². The monoisotopic (exact) mass is 693 g/mol. The molecule has 0 fully saturated rings. The number of phosphoric acid groups is 1. The lowest BCUT2D eigenvalue weighted by Crippen LogP contribution is -2.51. The van der Waals surface area contributed by atoms with Crippen molar-refractivity contribution in [3.63, 3.8) is 0 Å². The van der Waals surface area contributed by atoms with Gasteiger partial charge in [-0.1, -0.05) is 155 Å². The van der Waals surface area contributed by atoms with Crippen molar-refractivity contribution in [2.45, 2.75) is 193 Å². The highest BCUT2D eigenvalue weighted by Crippen LogP contribution is 2.38. The van der Waals surface area contributed by atoms with Crippen LogP contribution in [0.1, 0.15) is 174 Å². The third-order valence-electron chi connectivity index (χ3n) is 8.94. The first-order valence-electron chi connectivity index (χ1n) is 19.5. The Balaban J connectivity index is 4.60. The second kappa shape index (κ2) is 30.3. The molecule has 0 aliphatic rings. The lowest BCUT2D eigenvalue weighted by molar-refractivity contribution is -0.870. The number of aliphatic hydroxyl groups excluding tert-OH is 2. The van der Waals surface area contributed by atoms with E-state index in [9.17, 15) is 24.5 Å². The number of nitrogens with one attached hydrogen (secondary N) is 1. The fraction of sp³-hybridized carbons (Fsp3) is 0.973. The van der Waals surface area contributed by atoms with E-state index in [4.69, 9.17) is 9.05 Å². The number of hydrogen-bond acceptors (Lipinski definition) is 7. The van der Waals surface area contributed by atoms with Crippen LogP contribution < -0.4 is 10.2 Å². The Bertz CT molecular complexity index is 765. The molecule has 0 radical (unpaired) electrons. The Morgan fingerprint density at radius 1 is 0.681 bits per heavy atom. The van der Waals surface area contributed by atoms with Crippen LogP contribution in [0.15, 0.2) is 0 Å². The van der Waals surface area contributed by atoms with E-state index < -0.39 is 32.7 Å². The van der Waals surface area contributed by atoms with Crippen molar-refractivity contribution in [1.29, 1.82) is 0 Å². The minimum absolute atomic E-state index is 0.0374. The van der Waals surface area contributed by atoms with Crippen LogP contribution in [0.2, 0.25) is 0 Å². The molecule has 0 saturated carbocycles. The quantitative estimate of drug-likeness (QED) is 0.0347. The third kappa shape index (κ3) is 31.2. The first-order valence-corrected chi connectivity index (χ1v) is 20.9. The van der Waals surface area contributed by atoms with Gasteiger partial charge in [0.1, 0.15) is 19.3 Å². The number of unbranched alkanes of at least 4 members (excludes halogenated alkanes) is 21. The molecule has 0 aromatic carbocycles. The van der Waals surface area contributed by atoms with Crippen LogP contribution in [0.5, 0.6) is 0 Å². The number of rotatable bonds is 35. The minimum atomic E-state index is -4.65. The summed E-state index contributed by atoms with van der Waals surface area (Å²) in [5.41, 5.74) is 0. The van der Waals surface area contributed by atoms with Gasteiger partial charge in [-0.05, 0) is 12.8 Å². The van der Waals surface area contributed by atoms with Crippen LogP contribution >= 0.6 is 7.82 Å². The lowest BCUT2D eigenvalue weighted by atomic mass is 9.99. The van der Waals surface area contributed by atoms with Gasteiger partial charge in [-0.15, -0.1) is 0 Å². The molecule has 4 atom stereocenters. The van der Waals surface area contributed by atoms with E-state index in [1.807, 2.05) is 21.1 Å². The second-order valence-electron chi connectivity index (χ2n) is 14.8. The van der Waals surface area contributed by atoms with Crippen LogP contribution in [-0.4, -0.2) is 79.8 Å². The smallest absolute Gasteiger partial charge is 0.268 e. The highest BCUT2D eigenvalue weighted by atomic mass is 31.2. The van der Waals surface area contributed by atoms with Crippen LogP contribution in [0.4, 0.5) is 0 Å². The van der Waals surface area contributed by atoms with Crippen molar-refractivity contribution in [2.24, 2.45) is 0 Å². The maximum atomic E-state index is 12.8. The Morgan fingerprint density at radius 3 is 1.51 bits per heavy atom. The molecule has 10 heteroatoms. The summed E-state index contributed by atoms with van der Waals surface area (Å²) in [7, 11) is 1.13. The molecular formula is C37H77N2O7P. The van der Waals surface area contributed by atoms with Crippen molar-refractivity contribution in [3.05, 3.63) is 0 Å². The number of amides is 1. The number of nitrogens with zero attached hydrogens (tertiary/aromatic N) is 1. The van der Waals surface area contributed by atoms with Gasteiger partial charge in [0, 0.05) is 6.42 Å². The molecule has 0 heterocycles. The Hall–Kier alpha value is -0.540. The summed E-state index contributed by atoms with van der Waals surface area (Å²) in [6.07, 6.45) is 25.6. The van der Waals surface area contributed by atoms with Gasteiger partial charge in [-0.2, -0.15) is 0 Å². The molecule has 0 aliphatic carbocycles. The molecule has 4 unspecified atom stereocenters. The summed E-state index contributed by atoms with van der Waals surface area (Å²) >= 11 is 0. The van der Waals surface area contributed by atoms with Crippen molar-refractivity contribution < 1.29 is 38.0 Å². The fourth-order valence-electron chi connectivity index (χ4n) is 5.72. The van der Waals surface area contributed by atoms with Crippen LogP contribution in [-0.2, 0) is 18.4 Å². The molecule has 3 N–H and O–H groups in total. The molecule has 0 aromatic rings. The summed E-state index contributed by atoms with van der Waals surface area (Å²) in [5, 5.41) is 24.5. The molecule has 9 nitrogen and oxygen atoms in total. The first kappa shape index (κ1) is 46.5. The van der Waals surface area contributed by atoms with E-state index in [2.05, 4.69) is 19.2 Å². The van der Waals surface area contributed by atoms with E-state index >= 15 is 0 Å². The molecule has 0 saturated heterocycles. The van der Waals surface area contributed by atoms with Gasteiger partial charge in [0.2, 0.25) is 5.91 Å². The molecule has 0 spiro atoms. The van der Waals surface area contributed by atoms with Gasteiger partial charge >= 0.3 is 0 Å². The average molecular weight is 693 g/mol.